The van der Waals surface area contributed by atoms with Crippen molar-refractivity contribution in [3.05, 3.63) is 29.8 Å². The molecule has 0 aliphatic heterocycles. The van der Waals surface area contributed by atoms with Crippen molar-refractivity contribution >= 4 is 17.7 Å². The van der Waals surface area contributed by atoms with Gasteiger partial charge in [-0.3, -0.25) is 0 Å². The van der Waals surface area contributed by atoms with Crippen LogP contribution in [0.1, 0.15) is 10.4 Å². The molecule has 0 fully saturated rings. The van der Waals surface area contributed by atoms with E-state index in [-0.39, 0.29) is 0 Å². The van der Waals surface area contributed by atoms with Crippen LogP contribution in [-0.2, 0) is 4.74 Å². The topological polar surface area (TPSA) is 46.5 Å². The first-order chi connectivity index (χ1) is 6.75. The first kappa shape index (κ1) is 11.1. The fourth-order valence-corrected chi connectivity index (χ4v) is 1.96. The molecule has 3 nitrogen and oxygen atoms in total. The van der Waals surface area contributed by atoms with Crippen LogP contribution >= 0.6 is 11.8 Å². The van der Waals surface area contributed by atoms with E-state index in [0.29, 0.717) is 12.2 Å². The number of carbonyl (C=O) groups is 1. The minimum atomic E-state index is -0.884. The Kier molecular flexibility index (Phi) is 4.49. The maximum atomic E-state index is 10.8. The van der Waals surface area contributed by atoms with Gasteiger partial charge in [0.25, 0.3) is 0 Å². The van der Waals surface area contributed by atoms with Crippen molar-refractivity contribution in [3.63, 3.8) is 0 Å². The van der Waals surface area contributed by atoms with Crippen molar-refractivity contribution in [2.45, 2.75) is 4.90 Å². The van der Waals surface area contributed by atoms with Gasteiger partial charge in [0.1, 0.15) is 0 Å². The van der Waals surface area contributed by atoms with E-state index in [0.717, 1.165) is 10.6 Å². The quantitative estimate of drug-likeness (QED) is 0.600. The Morgan fingerprint density at radius 1 is 1.50 bits per heavy atom. The standard InChI is InChI=1S/C10H12O3S/c1-13-6-7-14-9-5-3-2-4-8(9)10(11)12/h2-5H,6-7H2,1H3,(H,11,12). The number of aromatic carboxylic acids is 1. The average Bonchev–Trinajstić information content (AvgIpc) is 2.19. The largest absolute Gasteiger partial charge is 0.478 e. The van der Waals surface area contributed by atoms with Gasteiger partial charge in [-0.15, -0.1) is 11.8 Å². The number of thioether (sulfide) groups is 1. The highest BCUT2D eigenvalue weighted by atomic mass is 32.2. The smallest absolute Gasteiger partial charge is 0.336 e. The second-order valence-electron chi connectivity index (χ2n) is 2.64. The minimum absolute atomic E-state index is 0.355. The lowest BCUT2D eigenvalue weighted by Crippen LogP contribution is -1.99. The van der Waals surface area contributed by atoms with Crippen molar-refractivity contribution in [2.75, 3.05) is 19.5 Å². The summed E-state index contributed by atoms with van der Waals surface area (Å²) in [7, 11) is 1.63. The molecule has 1 aromatic carbocycles. The fraction of sp³-hybridized carbons (Fsp3) is 0.300. The summed E-state index contributed by atoms with van der Waals surface area (Å²) in [6, 6.07) is 6.98. The van der Waals surface area contributed by atoms with Crippen molar-refractivity contribution in [2.24, 2.45) is 0 Å². The molecule has 76 valence electrons. The van der Waals surface area contributed by atoms with Crippen LogP contribution in [-0.4, -0.2) is 30.5 Å². The predicted octanol–water partition coefficient (Wildman–Crippen LogP) is 2.12. The Hall–Kier alpha value is -1.00. The number of rotatable bonds is 5. The molecule has 0 unspecified atom stereocenters. The zero-order valence-electron chi connectivity index (χ0n) is 7.90. The Bertz CT molecular complexity index is 312. The zero-order chi connectivity index (χ0) is 10.4. The van der Waals surface area contributed by atoms with Crippen molar-refractivity contribution in [1.82, 2.24) is 0 Å². The molecular formula is C10H12O3S. The third kappa shape index (κ3) is 3.05. The SMILES string of the molecule is COCCSc1ccccc1C(=O)O. The van der Waals surface area contributed by atoms with Gasteiger partial charge in [-0.1, -0.05) is 12.1 Å². The summed E-state index contributed by atoms with van der Waals surface area (Å²) in [5.74, 6) is -0.119. The van der Waals surface area contributed by atoms with Gasteiger partial charge in [0.05, 0.1) is 12.2 Å². The second kappa shape index (κ2) is 5.67. The Balaban J connectivity index is 2.69. The summed E-state index contributed by atoms with van der Waals surface area (Å²) in [4.78, 5) is 11.6. The molecule has 0 aliphatic carbocycles. The highest BCUT2D eigenvalue weighted by Gasteiger charge is 2.08. The Morgan fingerprint density at radius 2 is 2.21 bits per heavy atom. The fourth-order valence-electron chi connectivity index (χ4n) is 1.00. The molecule has 0 spiro atoms. The predicted molar refractivity (Wildman–Crippen MR) is 56.0 cm³/mol. The van der Waals surface area contributed by atoms with E-state index in [4.69, 9.17) is 9.84 Å². The molecule has 0 aromatic heterocycles. The molecule has 0 aliphatic rings. The summed E-state index contributed by atoms with van der Waals surface area (Å²) < 4.78 is 4.90. The number of hydrogen-bond donors (Lipinski definition) is 1. The number of hydrogen-bond acceptors (Lipinski definition) is 3. The van der Waals surface area contributed by atoms with E-state index in [1.807, 2.05) is 12.1 Å². The molecule has 14 heavy (non-hydrogen) atoms. The molecule has 0 atom stereocenters. The van der Waals surface area contributed by atoms with Crippen molar-refractivity contribution in [3.8, 4) is 0 Å². The molecule has 1 rings (SSSR count). The monoisotopic (exact) mass is 212 g/mol. The lowest BCUT2D eigenvalue weighted by Gasteiger charge is -2.04. The maximum Gasteiger partial charge on any atom is 0.336 e. The van der Waals surface area contributed by atoms with Gasteiger partial charge >= 0.3 is 5.97 Å². The van der Waals surface area contributed by atoms with Crippen molar-refractivity contribution < 1.29 is 14.6 Å². The number of carboxylic acids is 1. The summed E-state index contributed by atoms with van der Waals surface area (Å²) >= 11 is 1.49. The van der Waals surface area contributed by atoms with Crippen LogP contribution in [0.2, 0.25) is 0 Å². The highest BCUT2D eigenvalue weighted by Crippen LogP contribution is 2.22. The Morgan fingerprint density at radius 3 is 2.86 bits per heavy atom. The van der Waals surface area contributed by atoms with Crippen LogP contribution in [0.4, 0.5) is 0 Å². The van der Waals surface area contributed by atoms with E-state index >= 15 is 0 Å². The zero-order valence-corrected chi connectivity index (χ0v) is 8.71. The normalized spacial score (nSPS) is 10.1. The lowest BCUT2D eigenvalue weighted by molar-refractivity contribution is 0.0693. The molecule has 0 saturated heterocycles. The van der Waals surface area contributed by atoms with Gasteiger partial charge in [-0.05, 0) is 12.1 Å². The summed E-state index contributed by atoms with van der Waals surface area (Å²) in [6.07, 6.45) is 0. The highest BCUT2D eigenvalue weighted by molar-refractivity contribution is 7.99. The van der Waals surface area contributed by atoms with Gasteiger partial charge in [0.15, 0.2) is 0 Å². The molecule has 1 aromatic rings. The van der Waals surface area contributed by atoms with Crippen LogP contribution in [0.15, 0.2) is 29.2 Å². The number of methoxy groups -OCH3 is 1. The van der Waals surface area contributed by atoms with E-state index in [1.54, 1.807) is 19.2 Å². The number of ether oxygens (including phenoxy) is 1. The Labute approximate surface area is 87.1 Å². The van der Waals surface area contributed by atoms with Crippen LogP contribution in [0.5, 0.6) is 0 Å². The summed E-state index contributed by atoms with van der Waals surface area (Å²) in [6.45, 7) is 0.624. The van der Waals surface area contributed by atoms with Crippen LogP contribution in [0.25, 0.3) is 0 Å². The van der Waals surface area contributed by atoms with E-state index in [1.165, 1.54) is 11.8 Å². The first-order valence-electron chi connectivity index (χ1n) is 4.19. The molecule has 1 N–H and O–H groups in total. The van der Waals surface area contributed by atoms with Gasteiger partial charge in [0, 0.05) is 17.8 Å². The molecule has 0 bridgehead atoms. The first-order valence-corrected chi connectivity index (χ1v) is 5.18. The van der Waals surface area contributed by atoms with E-state index < -0.39 is 5.97 Å². The van der Waals surface area contributed by atoms with Gasteiger partial charge < -0.3 is 9.84 Å². The summed E-state index contributed by atoms with van der Waals surface area (Å²) in [5.41, 5.74) is 0.355. The van der Waals surface area contributed by atoms with E-state index in [2.05, 4.69) is 0 Å². The second-order valence-corrected chi connectivity index (χ2v) is 3.78. The van der Waals surface area contributed by atoms with Crippen LogP contribution in [0.3, 0.4) is 0 Å². The maximum absolute atomic E-state index is 10.8. The molecule has 0 saturated carbocycles. The van der Waals surface area contributed by atoms with Crippen molar-refractivity contribution in [1.29, 1.82) is 0 Å². The molecule has 4 heteroatoms. The molecular weight excluding hydrogens is 200 g/mol. The van der Waals surface area contributed by atoms with Gasteiger partial charge in [-0.2, -0.15) is 0 Å². The van der Waals surface area contributed by atoms with Crippen LogP contribution < -0.4 is 0 Å². The third-order valence-electron chi connectivity index (χ3n) is 1.66. The summed E-state index contributed by atoms with van der Waals surface area (Å²) in [5, 5.41) is 8.88. The molecule has 0 heterocycles. The third-order valence-corrected chi connectivity index (χ3v) is 2.70. The number of carboxylic acid groups (broad SMARTS) is 1. The molecule has 0 radical (unpaired) electrons. The van der Waals surface area contributed by atoms with Gasteiger partial charge in [0.2, 0.25) is 0 Å². The minimum Gasteiger partial charge on any atom is -0.478 e. The van der Waals surface area contributed by atoms with Gasteiger partial charge in [-0.25, -0.2) is 4.79 Å². The average molecular weight is 212 g/mol. The lowest BCUT2D eigenvalue weighted by atomic mass is 10.2. The molecule has 0 amide bonds. The van der Waals surface area contributed by atoms with E-state index in [9.17, 15) is 4.79 Å². The number of benzene rings is 1. The van der Waals surface area contributed by atoms with Crippen LogP contribution in [0, 0.1) is 0 Å².